The van der Waals surface area contributed by atoms with E-state index < -0.39 is 5.54 Å². The van der Waals surface area contributed by atoms with Crippen molar-refractivity contribution in [3.63, 3.8) is 0 Å². The minimum absolute atomic E-state index is 0.315. The highest BCUT2D eigenvalue weighted by Crippen LogP contribution is 2.41. The van der Waals surface area contributed by atoms with Crippen LogP contribution in [0.3, 0.4) is 0 Å². The molecule has 1 unspecified atom stereocenters. The third-order valence-electron chi connectivity index (χ3n) is 3.78. The van der Waals surface area contributed by atoms with Crippen LogP contribution in [0.15, 0.2) is 6.33 Å². The first-order valence-corrected chi connectivity index (χ1v) is 6.66. The predicted molar refractivity (Wildman–Crippen MR) is 71.0 cm³/mol. The lowest BCUT2D eigenvalue weighted by atomic mass is 9.93. The Bertz CT molecular complexity index is 465. The van der Waals surface area contributed by atoms with Gasteiger partial charge >= 0.3 is 0 Å². The summed E-state index contributed by atoms with van der Waals surface area (Å²) in [5, 5.41) is 13.1. The normalized spacial score (nSPS) is 18.7. The average Bonchev–Trinajstić information content (AvgIpc) is 3.11. The van der Waals surface area contributed by atoms with Gasteiger partial charge in [0.2, 0.25) is 0 Å². The third-order valence-corrected chi connectivity index (χ3v) is 3.78. The fourth-order valence-electron chi connectivity index (χ4n) is 2.52. The maximum Gasteiger partial charge on any atom is 0.127 e. The van der Waals surface area contributed by atoms with Crippen molar-refractivity contribution in [1.29, 1.82) is 5.26 Å². The Morgan fingerprint density at radius 1 is 1.56 bits per heavy atom. The largest absolute Gasteiger partial charge is 0.332 e. The van der Waals surface area contributed by atoms with Crippen molar-refractivity contribution in [2.24, 2.45) is 5.92 Å². The summed E-state index contributed by atoms with van der Waals surface area (Å²) in [6.07, 6.45) is 4.15. The van der Waals surface area contributed by atoms with Crippen molar-refractivity contribution >= 4 is 0 Å². The third kappa shape index (κ3) is 2.41. The molecule has 0 spiro atoms. The van der Waals surface area contributed by atoms with Crippen LogP contribution in [0.5, 0.6) is 0 Å². The summed E-state index contributed by atoms with van der Waals surface area (Å²) in [6, 6.07) is 2.85. The van der Waals surface area contributed by atoms with Gasteiger partial charge in [0.15, 0.2) is 0 Å². The zero-order valence-electron chi connectivity index (χ0n) is 11.7. The minimum Gasteiger partial charge on any atom is -0.332 e. The fourth-order valence-corrected chi connectivity index (χ4v) is 2.52. The predicted octanol–water partition coefficient (Wildman–Crippen LogP) is 2.17. The number of aromatic nitrogens is 2. The first-order valence-electron chi connectivity index (χ1n) is 6.66. The van der Waals surface area contributed by atoms with Crippen molar-refractivity contribution in [2.75, 3.05) is 0 Å². The minimum atomic E-state index is -0.438. The summed E-state index contributed by atoms with van der Waals surface area (Å²) >= 11 is 0. The molecule has 1 N–H and O–H groups in total. The van der Waals surface area contributed by atoms with Gasteiger partial charge in [-0.15, -0.1) is 0 Å². The first-order chi connectivity index (χ1) is 8.48. The highest BCUT2D eigenvalue weighted by molar-refractivity contribution is 5.18. The van der Waals surface area contributed by atoms with Crippen LogP contribution in [0, 0.1) is 31.1 Å². The molecule has 0 aliphatic heterocycles. The van der Waals surface area contributed by atoms with Crippen LogP contribution in [-0.2, 0) is 6.54 Å². The molecule has 18 heavy (non-hydrogen) atoms. The van der Waals surface area contributed by atoms with Crippen LogP contribution in [0.4, 0.5) is 0 Å². The molecule has 2 rings (SSSR count). The van der Waals surface area contributed by atoms with Gasteiger partial charge in [0.25, 0.3) is 0 Å². The molecule has 0 aromatic carbocycles. The molecule has 0 radical (unpaired) electrons. The Labute approximate surface area is 109 Å². The van der Waals surface area contributed by atoms with Crippen molar-refractivity contribution in [2.45, 2.75) is 58.7 Å². The van der Waals surface area contributed by atoms with E-state index in [4.69, 9.17) is 0 Å². The zero-order valence-corrected chi connectivity index (χ0v) is 11.7. The highest BCUT2D eigenvalue weighted by Gasteiger charge is 2.46. The number of imidazole rings is 1. The molecule has 0 saturated heterocycles. The number of nitrogens with one attached hydrogen (secondary N) is 1. The molecule has 4 heteroatoms. The molecule has 1 atom stereocenters. The second-order valence-electron chi connectivity index (χ2n) is 5.70. The van der Waals surface area contributed by atoms with Gasteiger partial charge in [-0.25, -0.2) is 4.98 Å². The number of nitriles is 1. The summed E-state index contributed by atoms with van der Waals surface area (Å²) in [5.41, 5.74) is 1.76. The fraction of sp³-hybridized carbons (Fsp3) is 0.714. The lowest BCUT2D eigenvalue weighted by Gasteiger charge is -2.31. The van der Waals surface area contributed by atoms with Crippen molar-refractivity contribution in [3.8, 4) is 6.07 Å². The second kappa shape index (κ2) is 4.74. The van der Waals surface area contributed by atoms with Crippen molar-refractivity contribution in [1.82, 2.24) is 14.9 Å². The SMILES string of the molecule is Cc1ncn(CC(C#N)(NC(C)C)C2CC2)c1C. The quantitative estimate of drug-likeness (QED) is 0.866. The molecule has 1 aromatic rings. The van der Waals surface area contributed by atoms with E-state index in [0.717, 1.165) is 24.2 Å². The Hall–Kier alpha value is -1.34. The zero-order chi connectivity index (χ0) is 13.3. The second-order valence-corrected chi connectivity index (χ2v) is 5.70. The van der Waals surface area contributed by atoms with E-state index in [2.05, 4.69) is 41.7 Å². The molecule has 1 aliphatic rings. The summed E-state index contributed by atoms with van der Waals surface area (Å²) in [4.78, 5) is 4.32. The van der Waals surface area contributed by atoms with Gasteiger partial charge in [0, 0.05) is 11.7 Å². The van der Waals surface area contributed by atoms with E-state index in [1.54, 1.807) is 0 Å². The van der Waals surface area contributed by atoms with Gasteiger partial charge in [-0.2, -0.15) is 5.26 Å². The van der Waals surface area contributed by atoms with Gasteiger partial charge in [-0.3, -0.25) is 5.32 Å². The van der Waals surface area contributed by atoms with Gasteiger partial charge < -0.3 is 4.57 Å². The number of nitrogens with zero attached hydrogens (tertiary/aromatic N) is 3. The van der Waals surface area contributed by atoms with Crippen LogP contribution in [0.1, 0.15) is 38.1 Å². The molecule has 0 amide bonds. The van der Waals surface area contributed by atoms with E-state index in [-0.39, 0.29) is 0 Å². The topological polar surface area (TPSA) is 53.6 Å². The molecular weight excluding hydrogens is 224 g/mol. The van der Waals surface area contributed by atoms with Gasteiger partial charge in [-0.05, 0) is 46.5 Å². The van der Waals surface area contributed by atoms with E-state index in [0.29, 0.717) is 18.5 Å². The van der Waals surface area contributed by atoms with E-state index in [9.17, 15) is 5.26 Å². The Kier molecular flexibility index (Phi) is 3.45. The maximum absolute atomic E-state index is 9.65. The Morgan fingerprint density at radius 2 is 2.22 bits per heavy atom. The van der Waals surface area contributed by atoms with Crippen LogP contribution < -0.4 is 5.32 Å². The number of hydrogen-bond donors (Lipinski definition) is 1. The van der Waals surface area contributed by atoms with E-state index in [1.807, 2.05) is 13.3 Å². The van der Waals surface area contributed by atoms with E-state index >= 15 is 0 Å². The van der Waals surface area contributed by atoms with Crippen molar-refractivity contribution in [3.05, 3.63) is 17.7 Å². The van der Waals surface area contributed by atoms with Crippen LogP contribution >= 0.6 is 0 Å². The van der Waals surface area contributed by atoms with Gasteiger partial charge in [0.05, 0.1) is 24.6 Å². The molecule has 1 saturated carbocycles. The number of hydrogen-bond acceptors (Lipinski definition) is 3. The number of rotatable bonds is 5. The first kappa shape index (κ1) is 13.1. The lowest BCUT2D eigenvalue weighted by molar-refractivity contribution is 0.293. The highest BCUT2D eigenvalue weighted by atomic mass is 15.1. The summed E-state index contributed by atoms with van der Waals surface area (Å²) < 4.78 is 2.10. The molecule has 0 bridgehead atoms. The molecule has 1 aromatic heterocycles. The Balaban J connectivity index is 2.25. The monoisotopic (exact) mass is 246 g/mol. The molecular formula is C14H22N4. The molecule has 1 aliphatic carbocycles. The summed E-state index contributed by atoms with van der Waals surface area (Å²) in [6.45, 7) is 8.96. The molecule has 98 valence electrons. The molecule has 1 fully saturated rings. The maximum atomic E-state index is 9.65. The summed E-state index contributed by atoms with van der Waals surface area (Å²) in [7, 11) is 0. The average molecular weight is 246 g/mol. The lowest BCUT2D eigenvalue weighted by Crippen LogP contribution is -2.52. The standard InChI is InChI=1S/C14H22N4/c1-10(2)17-14(7-15,13-5-6-13)8-18-9-16-11(3)12(18)4/h9-10,13,17H,5-6,8H2,1-4H3. The van der Waals surface area contributed by atoms with Gasteiger partial charge in [0.1, 0.15) is 5.54 Å². The van der Waals surface area contributed by atoms with Gasteiger partial charge in [-0.1, -0.05) is 0 Å². The summed E-state index contributed by atoms with van der Waals surface area (Å²) in [5.74, 6) is 0.479. The van der Waals surface area contributed by atoms with Crippen molar-refractivity contribution < 1.29 is 0 Å². The smallest absolute Gasteiger partial charge is 0.127 e. The molecule has 1 heterocycles. The molecule has 4 nitrogen and oxygen atoms in total. The van der Waals surface area contributed by atoms with E-state index in [1.165, 1.54) is 0 Å². The van der Waals surface area contributed by atoms with Crippen LogP contribution in [-0.4, -0.2) is 21.1 Å². The van der Waals surface area contributed by atoms with Crippen LogP contribution in [0.2, 0.25) is 0 Å². The number of aryl methyl sites for hydroxylation is 1. The Morgan fingerprint density at radius 3 is 2.61 bits per heavy atom. The van der Waals surface area contributed by atoms with Crippen LogP contribution in [0.25, 0.3) is 0 Å².